The zero-order valence-corrected chi connectivity index (χ0v) is 29.1. The number of H-pyrrole nitrogens is 2. The smallest absolute Gasteiger partial charge is 0.263 e. The van der Waals surface area contributed by atoms with Gasteiger partial charge in [-0.15, -0.1) is 0 Å². The summed E-state index contributed by atoms with van der Waals surface area (Å²) in [5.41, 5.74) is 5.93. The molecule has 6 aromatic rings. The Labute approximate surface area is 285 Å². The number of ether oxygens (including phenoxy) is 2. The van der Waals surface area contributed by atoms with Gasteiger partial charge in [0, 0.05) is 11.1 Å². The van der Waals surface area contributed by atoms with Crippen LogP contribution in [0.3, 0.4) is 0 Å². The number of rotatable bonds is 10. The summed E-state index contributed by atoms with van der Waals surface area (Å²) in [5.74, 6) is 2.24. The lowest BCUT2D eigenvalue weighted by Gasteiger charge is -2.12. The molecule has 49 heavy (non-hydrogen) atoms. The summed E-state index contributed by atoms with van der Waals surface area (Å²) >= 11 is 0. The standard InChI is InChI=1S/C18H19N3O3S.C17H17N3O3S/c1-12-9-14(10-13(2)17(12)24-3)16-11-19-20-18(16)21-25(22,23)15-7-5-4-6-8-15;1-12-10-13(8-9-16(12)23-2)15-11-18-19-17(15)20-24(21,22)14-6-4-3-5-7-14/h4-11H,1-3H3,(H2,19,20,21);3-11H,1-2H3,(H2,18,19,20). The molecular formula is C35H36N6O6S2. The molecule has 2 heterocycles. The molecule has 12 nitrogen and oxygen atoms in total. The molecule has 0 fully saturated rings. The summed E-state index contributed by atoms with van der Waals surface area (Å²) in [6.45, 7) is 5.82. The number of aromatic amines is 2. The van der Waals surface area contributed by atoms with Gasteiger partial charge in [-0.2, -0.15) is 10.2 Å². The highest BCUT2D eigenvalue weighted by molar-refractivity contribution is 7.93. The molecule has 0 atom stereocenters. The van der Waals surface area contributed by atoms with Crippen molar-refractivity contribution in [1.82, 2.24) is 20.4 Å². The minimum atomic E-state index is -3.69. The summed E-state index contributed by atoms with van der Waals surface area (Å²) in [6, 6.07) is 25.9. The average Bonchev–Trinajstić information content (AvgIpc) is 3.75. The Kier molecular flexibility index (Phi) is 10.4. The van der Waals surface area contributed by atoms with Crippen molar-refractivity contribution in [2.45, 2.75) is 30.6 Å². The second-order valence-electron chi connectivity index (χ2n) is 11.0. The van der Waals surface area contributed by atoms with Crippen molar-refractivity contribution in [2.75, 3.05) is 23.7 Å². The highest BCUT2D eigenvalue weighted by Crippen LogP contribution is 2.34. The van der Waals surface area contributed by atoms with Crippen LogP contribution >= 0.6 is 0 Å². The van der Waals surface area contributed by atoms with Gasteiger partial charge < -0.3 is 9.47 Å². The van der Waals surface area contributed by atoms with Gasteiger partial charge in [0.15, 0.2) is 0 Å². The molecule has 0 spiro atoms. The summed E-state index contributed by atoms with van der Waals surface area (Å²) < 4.78 is 65.8. The van der Waals surface area contributed by atoms with E-state index in [1.165, 1.54) is 12.1 Å². The Morgan fingerprint density at radius 3 is 1.45 bits per heavy atom. The molecule has 254 valence electrons. The fourth-order valence-electron chi connectivity index (χ4n) is 5.23. The van der Waals surface area contributed by atoms with Crippen LogP contribution in [0.4, 0.5) is 11.6 Å². The zero-order valence-electron chi connectivity index (χ0n) is 27.5. The van der Waals surface area contributed by atoms with Gasteiger partial charge in [0.1, 0.15) is 23.1 Å². The van der Waals surface area contributed by atoms with E-state index >= 15 is 0 Å². The first-order valence-corrected chi connectivity index (χ1v) is 17.9. The lowest BCUT2D eigenvalue weighted by molar-refractivity contribution is 0.408. The van der Waals surface area contributed by atoms with Crippen molar-refractivity contribution in [3.63, 3.8) is 0 Å². The first kappa shape index (κ1) is 34.7. The maximum Gasteiger partial charge on any atom is 0.263 e. The fraction of sp³-hybridized carbons (Fsp3) is 0.143. The third kappa shape index (κ3) is 7.93. The summed E-state index contributed by atoms with van der Waals surface area (Å²) in [7, 11) is -4.13. The average molecular weight is 701 g/mol. The molecule has 6 rings (SSSR count). The fourth-order valence-corrected chi connectivity index (χ4v) is 7.34. The molecule has 0 saturated carbocycles. The van der Waals surface area contributed by atoms with Crippen LogP contribution in [0.1, 0.15) is 16.7 Å². The van der Waals surface area contributed by atoms with E-state index in [1.54, 1.807) is 75.1 Å². The number of sulfonamides is 2. The van der Waals surface area contributed by atoms with E-state index in [4.69, 9.17) is 9.47 Å². The second-order valence-corrected chi connectivity index (χ2v) is 14.3. The van der Waals surface area contributed by atoms with E-state index in [2.05, 4.69) is 29.8 Å². The van der Waals surface area contributed by atoms with E-state index in [9.17, 15) is 16.8 Å². The third-order valence-corrected chi connectivity index (χ3v) is 10.3. The number of nitrogens with zero attached hydrogens (tertiary/aromatic N) is 2. The highest BCUT2D eigenvalue weighted by atomic mass is 32.2. The first-order chi connectivity index (χ1) is 23.4. The van der Waals surface area contributed by atoms with E-state index in [0.717, 1.165) is 39.3 Å². The molecule has 0 amide bonds. The van der Waals surface area contributed by atoms with E-state index in [0.29, 0.717) is 22.8 Å². The number of methoxy groups -OCH3 is 2. The van der Waals surface area contributed by atoms with Crippen LogP contribution in [0.15, 0.2) is 113 Å². The van der Waals surface area contributed by atoms with Crippen LogP contribution in [-0.2, 0) is 20.0 Å². The quantitative estimate of drug-likeness (QED) is 0.122. The van der Waals surface area contributed by atoms with E-state index in [1.807, 2.05) is 51.1 Å². The lowest BCUT2D eigenvalue weighted by Crippen LogP contribution is -2.13. The number of anilines is 2. The minimum Gasteiger partial charge on any atom is -0.496 e. The molecule has 0 aliphatic rings. The Balaban J connectivity index is 0.000000191. The van der Waals surface area contributed by atoms with Crippen molar-refractivity contribution in [3.05, 3.63) is 120 Å². The molecule has 0 aliphatic carbocycles. The van der Waals surface area contributed by atoms with Gasteiger partial charge in [0.25, 0.3) is 20.0 Å². The molecule has 0 saturated heterocycles. The van der Waals surface area contributed by atoms with Gasteiger partial charge in [0.2, 0.25) is 0 Å². The van der Waals surface area contributed by atoms with Crippen LogP contribution in [-0.4, -0.2) is 51.4 Å². The summed E-state index contributed by atoms with van der Waals surface area (Å²) in [5, 5.41) is 13.4. The van der Waals surface area contributed by atoms with E-state index < -0.39 is 20.0 Å². The molecule has 4 aromatic carbocycles. The van der Waals surface area contributed by atoms with Crippen LogP contribution < -0.4 is 18.9 Å². The number of aromatic nitrogens is 4. The Bertz CT molecular complexity index is 2250. The molecule has 0 bridgehead atoms. The monoisotopic (exact) mass is 700 g/mol. The normalized spacial score (nSPS) is 11.3. The van der Waals surface area contributed by atoms with Crippen LogP contribution in [0.2, 0.25) is 0 Å². The molecule has 4 N–H and O–H groups in total. The minimum absolute atomic E-state index is 0.191. The second kappa shape index (κ2) is 14.7. The maximum atomic E-state index is 12.5. The van der Waals surface area contributed by atoms with Crippen LogP contribution in [0.25, 0.3) is 22.3 Å². The first-order valence-electron chi connectivity index (χ1n) is 15.0. The number of hydrogen-bond donors (Lipinski definition) is 4. The van der Waals surface area contributed by atoms with Gasteiger partial charge in [-0.25, -0.2) is 16.8 Å². The predicted octanol–water partition coefficient (Wildman–Crippen LogP) is 6.70. The van der Waals surface area contributed by atoms with Gasteiger partial charge in [-0.1, -0.05) is 42.5 Å². The topological polar surface area (TPSA) is 168 Å². The molecule has 2 aromatic heterocycles. The predicted molar refractivity (Wildman–Crippen MR) is 190 cm³/mol. The molecule has 0 radical (unpaired) electrons. The molecule has 14 heteroatoms. The van der Waals surface area contributed by atoms with Gasteiger partial charge in [0.05, 0.1) is 36.4 Å². The van der Waals surface area contributed by atoms with Crippen molar-refractivity contribution in [2.24, 2.45) is 0 Å². The van der Waals surface area contributed by atoms with E-state index in [-0.39, 0.29) is 9.79 Å². The Hall–Kier alpha value is -5.60. The molecular weight excluding hydrogens is 665 g/mol. The van der Waals surface area contributed by atoms with Crippen molar-refractivity contribution in [3.8, 4) is 33.8 Å². The van der Waals surface area contributed by atoms with Gasteiger partial charge in [-0.3, -0.25) is 19.6 Å². The molecule has 0 aliphatic heterocycles. The third-order valence-electron chi connectivity index (χ3n) is 7.54. The van der Waals surface area contributed by atoms with Gasteiger partial charge in [-0.05, 0) is 97.1 Å². The molecule has 0 unspecified atom stereocenters. The Morgan fingerprint density at radius 1 is 0.571 bits per heavy atom. The summed E-state index contributed by atoms with van der Waals surface area (Å²) in [6.07, 6.45) is 3.19. The Morgan fingerprint density at radius 2 is 1.02 bits per heavy atom. The van der Waals surface area contributed by atoms with Crippen molar-refractivity contribution < 1.29 is 26.3 Å². The number of aryl methyl sites for hydroxylation is 3. The lowest BCUT2D eigenvalue weighted by atomic mass is 10.0. The van der Waals surface area contributed by atoms with Gasteiger partial charge >= 0.3 is 0 Å². The van der Waals surface area contributed by atoms with Crippen LogP contribution in [0, 0.1) is 20.8 Å². The van der Waals surface area contributed by atoms with Crippen molar-refractivity contribution in [1.29, 1.82) is 0 Å². The number of nitrogens with one attached hydrogen (secondary N) is 4. The largest absolute Gasteiger partial charge is 0.496 e. The zero-order chi connectivity index (χ0) is 35.2. The maximum absolute atomic E-state index is 12.5. The van der Waals surface area contributed by atoms with Crippen molar-refractivity contribution >= 4 is 31.7 Å². The highest BCUT2D eigenvalue weighted by Gasteiger charge is 2.20. The van der Waals surface area contributed by atoms with Crippen LogP contribution in [0.5, 0.6) is 11.5 Å². The SMILES string of the molecule is COc1c(C)cc(-c2cn[nH]c2NS(=O)(=O)c2ccccc2)cc1C.COc1ccc(-c2cn[nH]c2NS(=O)(=O)c2ccccc2)cc1C. The summed E-state index contributed by atoms with van der Waals surface area (Å²) in [4.78, 5) is 0.383. The number of hydrogen-bond acceptors (Lipinski definition) is 8. The number of benzene rings is 4.